The standard InChI is InChI=1S/C15H9BrClFN2O2S/c16-8-2-3-10(14(18)13(8)15(19)21)22-6-12-20-9-5-7(17)1-4-11(9)23-12/h1-5H,6H2,(H2,19,21). The highest BCUT2D eigenvalue weighted by atomic mass is 79.9. The van der Waals surface area contributed by atoms with Crippen LogP contribution in [0.15, 0.2) is 34.8 Å². The number of amides is 1. The summed E-state index contributed by atoms with van der Waals surface area (Å²) in [5.41, 5.74) is 5.69. The Bertz CT molecular complexity index is 916. The largest absolute Gasteiger partial charge is 0.483 e. The average molecular weight is 416 g/mol. The van der Waals surface area contributed by atoms with Crippen LogP contribution in [0.1, 0.15) is 15.4 Å². The molecule has 118 valence electrons. The van der Waals surface area contributed by atoms with E-state index >= 15 is 0 Å². The van der Waals surface area contributed by atoms with Crippen LogP contribution in [-0.4, -0.2) is 10.9 Å². The summed E-state index contributed by atoms with van der Waals surface area (Å²) in [5.74, 6) is -1.72. The van der Waals surface area contributed by atoms with Crippen LogP contribution < -0.4 is 10.5 Å². The van der Waals surface area contributed by atoms with E-state index in [4.69, 9.17) is 22.1 Å². The minimum atomic E-state index is -0.866. The molecule has 0 aliphatic carbocycles. The van der Waals surface area contributed by atoms with Crippen molar-refractivity contribution in [2.45, 2.75) is 6.61 Å². The fourth-order valence-electron chi connectivity index (χ4n) is 2.02. The number of hydrogen-bond acceptors (Lipinski definition) is 4. The fraction of sp³-hybridized carbons (Fsp3) is 0.0667. The van der Waals surface area contributed by atoms with E-state index < -0.39 is 11.7 Å². The number of carbonyl (C=O) groups excluding carboxylic acids is 1. The lowest BCUT2D eigenvalue weighted by atomic mass is 10.2. The van der Waals surface area contributed by atoms with E-state index in [1.807, 2.05) is 6.07 Å². The normalized spacial score (nSPS) is 10.9. The Morgan fingerprint density at radius 3 is 2.91 bits per heavy atom. The summed E-state index contributed by atoms with van der Waals surface area (Å²) in [4.78, 5) is 15.7. The molecule has 0 fully saturated rings. The van der Waals surface area contributed by atoms with Crippen molar-refractivity contribution in [3.05, 3.63) is 56.2 Å². The molecule has 0 spiro atoms. The zero-order chi connectivity index (χ0) is 16.6. The molecular weight excluding hydrogens is 407 g/mol. The van der Waals surface area contributed by atoms with E-state index in [0.717, 1.165) is 10.2 Å². The Morgan fingerprint density at radius 2 is 2.17 bits per heavy atom. The SMILES string of the molecule is NC(=O)c1c(Br)ccc(OCc2nc3cc(Cl)ccc3s2)c1F. The Labute approximate surface area is 148 Å². The van der Waals surface area contributed by atoms with E-state index in [0.29, 0.717) is 10.0 Å². The van der Waals surface area contributed by atoms with Crippen LogP contribution in [0, 0.1) is 5.82 Å². The number of nitrogens with two attached hydrogens (primary N) is 1. The summed E-state index contributed by atoms with van der Waals surface area (Å²) in [5, 5.41) is 1.27. The molecule has 3 aromatic rings. The number of primary amides is 1. The van der Waals surface area contributed by atoms with Crippen molar-refractivity contribution in [1.29, 1.82) is 0 Å². The first-order valence-corrected chi connectivity index (χ1v) is 8.40. The van der Waals surface area contributed by atoms with Crippen molar-refractivity contribution in [1.82, 2.24) is 4.98 Å². The molecule has 0 saturated heterocycles. The maximum Gasteiger partial charge on any atom is 0.252 e. The van der Waals surface area contributed by atoms with Gasteiger partial charge in [-0.05, 0) is 46.3 Å². The lowest BCUT2D eigenvalue weighted by molar-refractivity contribution is 0.0994. The maximum atomic E-state index is 14.3. The van der Waals surface area contributed by atoms with Gasteiger partial charge in [-0.15, -0.1) is 11.3 Å². The highest BCUT2D eigenvalue weighted by Gasteiger charge is 2.18. The van der Waals surface area contributed by atoms with E-state index in [1.54, 1.807) is 12.1 Å². The maximum absolute atomic E-state index is 14.3. The number of thiazole rings is 1. The van der Waals surface area contributed by atoms with Gasteiger partial charge in [-0.1, -0.05) is 11.6 Å². The number of hydrogen-bond donors (Lipinski definition) is 1. The summed E-state index contributed by atoms with van der Waals surface area (Å²) in [6.07, 6.45) is 0. The highest BCUT2D eigenvalue weighted by Crippen LogP contribution is 2.29. The van der Waals surface area contributed by atoms with Gasteiger partial charge in [-0.25, -0.2) is 9.37 Å². The topological polar surface area (TPSA) is 65.2 Å². The lowest BCUT2D eigenvalue weighted by Crippen LogP contribution is -2.14. The van der Waals surface area contributed by atoms with E-state index in [-0.39, 0.29) is 22.4 Å². The summed E-state index contributed by atoms with van der Waals surface area (Å²) in [7, 11) is 0. The van der Waals surface area contributed by atoms with Crippen molar-refractivity contribution in [2.75, 3.05) is 0 Å². The second-order valence-electron chi connectivity index (χ2n) is 4.61. The summed E-state index contributed by atoms with van der Waals surface area (Å²) in [6.45, 7) is 0.0771. The van der Waals surface area contributed by atoms with Crippen LogP contribution in [0.3, 0.4) is 0 Å². The number of carbonyl (C=O) groups is 1. The third kappa shape index (κ3) is 3.31. The minimum Gasteiger partial charge on any atom is -0.483 e. The molecule has 0 saturated carbocycles. The monoisotopic (exact) mass is 414 g/mol. The smallest absolute Gasteiger partial charge is 0.252 e. The van der Waals surface area contributed by atoms with Gasteiger partial charge in [0.05, 0.1) is 15.8 Å². The number of aromatic nitrogens is 1. The molecule has 8 heteroatoms. The van der Waals surface area contributed by atoms with Gasteiger partial charge in [0, 0.05) is 9.50 Å². The zero-order valence-corrected chi connectivity index (χ0v) is 14.6. The molecular formula is C15H9BrClFN2O2S. The molecule has 1 amide bonds. The minimum absolute atomic E-state index is 0.0562. The van der Waals surface area contributed by atoms with Gasteiger partial charge in [0.15, 0.2) is 11.6 Å². The van der Waals surface area contributed by atoms with E-state index in [9.17, 15) is 9.18 Å². The van der Waals surface area contributed by atoms with Gasteiger partial charge in [0.2, 0.25) is 0 Å². The average Bonchev–Trinajstić information content (AvgIpc) is 2.88. The lowest BCUT2D eigenvalue weighted by Gasteiger charge is -2.09. The molecule has 1 heterocycles. The van der Waals surface area contributed by atoms with Crippen molar-refractivity contribution >= 4 is 55.0 Å². The summed E-state index contributed by atoms with van der Waals surface area (Å²) >= 11 is 10.4. The van der Waals surface area contributed by atoms with Crippen LogP contribution in [0.4, 0.5) is 4.39 Å². The molecule has 2 N–H and O–H groups in total. The van der Waals surface area contributed by atoms with Crippen LogP contribution in [0.2, 0.25) is 5.02 Å². The van der Waals surface area contributed by atoms with Crippen LogP contribution in [-0.2, 0) is 6.61 Å². The van der Waals surface area contributed by atoms with Crippen LogP contribution in [0.25, 0.3) is 10.2 Å². The quantitative estimate of drug-likeness (QED) is 0.681. The number of benzene rings is 2. The first-order valence-electron chi connectivity index (χ1n) is 6.41. The molecule has 0 atom stereocenters. The Hall–Kier alpha value is -1.70. The first kappa shape index (κ1) is 16.2. The number of halogens is 3. The Morgan fingerprint density at radius 1 is 1.39 bits per heavy atom. The van der Waals surface area contributed by atoms with Crippen LogP contribution >= 0.6 is 38.9 Å². The summed E-state index contributed by atoms with van der Waals surface area (Å²) in [6, 6.07) is 8.33. The number of rotatable bonds is 4. The van der Waals surface area contributed by atoms with E-state index in [2.05, 4.69) is 20.9 Å². The van der Waals surface area contributed by atoms with Gasteiger partial charge in [0.25, 0.3) is 5.91 Å². The predicted molar refractivity (Wildman–Crippen MR) is 91.6 cm³/mol. The van der Waals surface area contributed by atoms with Gasteiger partial charge >= 0.3 is 0 Å². The first-order chi connectivity index (χ1) is 11.0. The fourth-order valence-corrected chi connectivity index (χ4v) is 3.55. The zero-order valence-electron chi connectivity index (χ0n) is 11.5. The second kappa shape index (κ2) is 6.43. The molecule has 2 aromatic carbocycles. The molecule has 0 aliphatic heterocycles. The molecule has 23 heavy (non-hydrogen) atoms. The number of ether oxygens (including phenoxy) is 1. The molecule has 0 bridgehead atoms. The number of fused-ring (bicyclic) bond motifs is 1. The highest BCUT2D eigenvalue weighted by molar-refractivity contribution is 9.10. The molecule has 4 nitrogen and oxygen atoms in total. The third-order valence-corrected chi connectivity index (χ3v) is 4.95. The molecule has 1 aromatic heterocycles. The van der Waals surface area contributed by atoms with E-state index in [1.165, 1.54) is 23.5 Å². The summed E-state index contributed by atoms with van der Waals surface area (Å²) < 4.78 is 20.9. The molecule has 0 radical (unpaired) electrons. The van der Waals surface area contributed by atoms with Crippen LogP contribution in [0.5, 0.6) is 5.75 Å². The van der Waals surface area contributed by atoms with Crippen molar-refractivity contribution in [2.24, 2.45) is 5.73 Å². The molecule has 0 unspecified atom stereocenters. The van der Waals surface area contributed by atoms with Crippen molar-refractivity contribution in [3.63, 3.8) is 0 Å². The molecule has 3 rings (SSSR count). The predicted octanol–water partition coefficient (Wildman–Crippen LogP) is 4.53. The van der Waals surface area contributed by atoms with Gasteiger partial charge < -0.3 is 10.5 Å². The van der Waals surface area contributed by atoms with Gasteiger partial charge in [0.1, 0.15) is 11.6 Å². The Kier molecular flexibility index (Phi) is 4.52. The van der Waals surface area contributed by atoms with Crippen molar-refractivity contribution < 1.29 is 13.9 Å². The van der Waals surface area contributed by atoms with Crippen molar-refractivity contribution in [3.8, 4) is 5.75 Å². The second-order valence-corrected chi connectivity index (χ2v) is 7.01. The van der Waals surface area contributed by atoms with Gasteiger partial charge in [-0.2, -0.15) is 0 Å². The molecule has 0 aliphatic rings. The number of nitrogens with zero attached hydrogens (tertiary/aromatic N) is 1. The third-order valence-electron chi connectivity index (χ3n) is 3.05. The van der Waals surface area contributed by atoms with Gasteiger partial charge in [-0.3, -0.25) is 4.79 Å². The Balaban J connectivity index is 1.85.